The smallest absolute Gasteiger partial charge is 0.321 e. The predicted molar refractivity (Wildman–Crippen MR) is 91.1 cm³/mol. The van der Waals surface area contributed by atoms with Crippen molar-refractivity contribution in [2.75, 3.05) is 18.4 Å². The van der Waals surface area contributed by atoms with E-state index in [1.165, 1.54) is 6.07 Å². The molecule has 1 aliphatic rings. The van der Waals surface area contributed by atoms with Gasteiger partial charge in [-0.05, 0) is 36.5 Å². The highest BCUT2D eigenvalue weighted by Crippen LogP contribution is 2.30. The fraction of sp³-hybridized carbons (Fsp3) is 0.316. The zero-order valence-electron chi connectivity index (χ0n) is 13.4. The van der Waals surface area contributed by atoms with Crippen LogP contribution in [0.1, 0.15) is 24.5 Å². The molecule has 1 fully saturated rings. The third-order valence-corrected chi connectivity index (χ3v) is 4.53. The van der Waals surface area contributed by atoms with Gasteiger partial charge in [0.15, 0.2) is 0 Å². The average Bonchev–Trinajstić information content (AvgIpc) is 2.64. The molecule has 1 atom stereocenters. The Morgan fingerprint density at radius 2 is 1.71 bits per heavy atom. The van der Waals surface area contributed by atoms with Crippen LogP contribution >= 0.6 is 0 Å². The van der Waals surface area contributed by atoms with Crippen molar-refractivity contribution < 1.29 is 14.3 Å². The number of hydrogen-bond donors (Lipinski definition) is 2. The Kier molecular flexibility index (Phi) is 5.11. The van der Waals surface area contributed by atoms with Crippen molar-refractivity contribution in [2.24, 2.45) is 5.92 Å². The first kappa shape index (κ1) is 16.5. The maximum absolute atomic E-state index is 13.6. The normalized spacial score (nSPS) is 16.7. The second kappa shape index (κ2) is 7.45. The second-order valence-corrected chi connectivity index (χ2v) is 6.09. The molecule has 5 heteroatoms. The summed E-state index contributed by atoms with van der Waals surface area (Å²) in [6.07, 6.45) is 0.935. The van der Waals surface area contributed by atoms with Crippen LogP contribution in [0.3, 0.4) is 0 Å². The van der Waals surface area contributed by atoms with Gasteiger partial charge in [0.1, 0.15) is 5.82 Å². The van der Waals surface area contributed by atoms with E-state index in [-0.39, 0.29) is 17.6 Å². The molecule has 0 aromatic heterocycles. The summed E-state index contributed by atoms with van der Waals surface area (Å²) in [4.78, 5) is 13.9. The largest absolute Gasteiger partial charge is 0.388 e. The number of anilines is 1. The zero-order valence-corrected chi connectivity index (χ0v) is 13.4. The summed E-state index contributed by atoms with van der Waals surface area (Å²) >= 11 is 0. The van der Waals surface area contributed by atoms with Crippen molar-refractivity contribution >= 4 is 11.7 Å². The monoisotopic (exact) mass is 328 g/mol. The van der Waals surface area contributed by atoms with E-state index >= 15 is 0 Å². The number of amides is 2. The van der Waals surface area contributed by atoms with Crippen molar-refractivity contribution in [1.82, 2.24) is 4.90 Å². The van der Waals surface area contributed by atoms with E-state index in [0.29, 0.717) is 13.1 Å². The Hall–Kier alpha value is -2.40. The van der Waals surface area contributed by atoms with Gasteiger partial charge in [-0.3, -0.25) is 0 Å². The minimum atomic E-state index is -0.511. The number of benzene rings is 2. The van der Waals surface area contributed by atoms with E-state index < -0.39 is 11.9 Å². The van der Waals surface area contributed by atoms with E-state index in [1.807, 2.05) is 30.3 Å². The quantitative estimate of drug-likeness (QED) is 0.900. The molecule has 3 rings (SSSR count). The number of nitrogens with zero attached hydrogens (tertiary/aromatic N) is 1. The van der Waals surface area contributed by atoms with Gasteiger partial charge in [-0.25, -0.2) is 9.18 Å². The molecule has 2 aromatic rings. The van der Waals surface area contributed by atoms with Gasteiger partial charge in [0.2, 0.25) is 0 Å². The molecule has 0 unspecified atom stereocenters. The lowest BCUT2D eigenvalue weighted by Crippen LogP contribution is -2.42. The van der Waals surface area contributed by atoms with Crippen LogP contribution < -0.4 is 5.32 Å². The second-order valence-electron chi connectivity index (χ2n) is 6.09. The Morgan fingerprint density at radius 1 is 1.08 bits per heavy atom. The number of hydrogen-bond acceptors (Lipinski definition) is 2. The van der Waals surface area contributed by atoms with Crippen molar-refractivity contribution in [3.63, 3.8) is 0 Å². The number of likely N-dealkylation sites (tertiary alicyclic amines) is 1. The number of carbonyl (C=O) groups excluding carboxylic acids is 1. The van der Waals surface area contributed by atoms with E-state index in [4.69, 9.17) is 0 Å². The number of urea groups is 1. The van der Waals surface area contributed by atoms with Crippen molar-refractivity contribution in [3.8, 4) is 0 Å². The van der Waals surface area contributed by atoms with Crippen LogP contribution in [-0.2, 0) is 0 Å². The molecule has 2 N–H and O–H groups in total. The summed E-state index contributed by atoms with van der Waals surface area (Å²) in [6.45, 7) is 1.10. The first-order valence-electron chi connectivity index (χ1n) is 8.18. The SMILES string of the molecule is O=C(Nc1ccccc1F)N1CCC([C@@H](O)c2ccccc2)CC1. The fourth-order valence-corrected chi connectivity index (χ4v) is 3.10. The van der Waals surface area contributed by atoms with E-state index in [2.05, 4.69) is 5.32 Å². The lowest BCUT2D eigenvalue weighted by Gasteiger charge is -2.34. The number of aliphatic hydroxyl groups excluding tert-OH is 1. The topological polar surface area (TPSA) is 52.6 Å². The average molecular weight is 328 g/mol. The van der Waals surface area contributed by atoms with Crippen LogP contribution in [0.4, 0.5) is 14.9 Å². The van der Waals surface area contributed by atoms with Crippen LogP contribution in [0.2, 0.25) is 0 Å². The highest BCUT2D eigenvalue weighted by molar-refractivity contribution is 5.89. The van der Waals surface area contributed by atoms with Crippen LogP contribution in [0.5, 0.6) is 0 Å². The summed E-state index contributed by atoms with van der Waals surface area (Å²) in [5, 5.41) is 13.1. The van der Waals surface area contributed by atoms with Gasteiger partial charge in [0.25, 0.3) is 0 Å². The lowest BCUT2D eigenvalue weighted by atomic mass is 9.87. The van der Waals surface area contributed by atoms with E-state index in [0.717, 1.165) is 18.4 Å². The molecule has 0 radical (unpaired) electrons. The maximum Gasteiger partial charge on any atom is 0.321 e. The molecule has 0 aliphatic carbocycles. The molecule has 0 saturated carbocycles. The molecule has 1 aliphatic heterocycles. The number of piperidine rings is 1. The van der Waals surface area contributed by atoms with Gasteiger partial charge < -0.3 is 15.3 Å². The van der Waals surface area contributed by atoms with E-state index in [9.17, 15) is 14.3 Å². The van der Waals surface area contributed by atoms with Crippen LogP contribution in [0.15, 0.2) is 54.6 Å². The summed E-state index contributed by atoms with van der Waals surface area (Å²) in [6, 6.07) is 15.4. The minimum Gasteiger partial charge on any atom is -0.388 e. The summed E-state index contributed by atoms with van der Waals surface area (Å²) < 4.78 is 13.6. The predicted octanol–water partition coefficient (Wildman–Crippen LogP) is 3.80. The molecule has 0 bridgehead atoms. The third-order valence-electron chi connectivity index (χ3n) is 4.53. The molecule has 2 amide bonds. The molecular weight excluding hydrogens is 307 g/mol. The molecule has 1 heterocycles. The summed E-state index contributed by atoms with van der Waals surface area (Å²) in [7, 11) is 0. The number of rotatable bonds is 3. The molecule has 2 aromatic carbocycles. The highest BCUT2D eigenvalue weighted by atomic mass is 19.1. The Bertz CT molecular complexity index is 685. The summed E-state index contributed by atoms with van der Waals surface area (Å²) in [5.74, 6) is -0.315. The number of nitrogens with one attached hydrogen (secondary N) is 1. The zero-order chi connectivity index (χ0) is 16.9. The molecule has 4 nitrogen and oxygen atoms in total. The third kappa shape index (κ3) is 3.74. The first-order chi connectivity index (χ1) is 11.6. The molecule has 1 saturated heterocycles. The lowest BCUT2D eigenvalue weighted by molar-refractivity contribution is 0.0683. The van der Waals surface area contributed by atoms with Crippen molar-refractivity contribution in [2.45, 2.75) is 18.9 Å². The maximum atomic E-state index is 13.6. The van der Waals surface area contributed by atoms with Crippen LogP contribution in [0.25, 0.3) is 0 Å². The van der Waals surface area contributed by atoms with Gasteiger partial charge in [0, 0.05) is 13.1 Å². The Balaban J connectivity index is 1.55. The van der Waals surface area contributed by atoms with Crippen LogP contribution in [-0.4, -0.2) is 29.1 Å². The first-order valence-corrected chi connectivity index (χ1v) is 8.18. The molecule has 24 heavy (non-hydrogen) atoms. The van der Waals surface area contributed by atoms with Crippen LogP contribution in [0, 0.1) is 11.7 Å². The van der Waals surface area contributed by atoms with Gasteiger partial charge >= 0.3 is 6.03 Å². The molecular formula is C19H21FN2O2. The van der Waals surface area contributed by atoms with E-state index in [1.54, 1.807) is 23.1 Å². The number of carbonyl (C=O) groups is 1. The fourth-order valence-electron chi connectivity index (χ4n) is 3.10. The summed E-state index contributed by atoms with van der Waals surface area (Å²) in [5.41, 5.74) is 1.10. The highest BCUT2D eigenvalue weighted by Gasteiger charge is 2.28. The van der Waals surface area contributed by atoms with Gasteiger partial charge in [-0.15, -0.1) is 0 Å². The number of halogens is 1. The van der Waals surface area contributed by atoms with Crippen molar-refractivity contribution in [1.29, 1.82) is 0 Å². The molecule has 126 valence electrons. The number of para-hydroxylation sites is 1. The minimum absolute atomic E-state index is 0.130. The standard InChI is InChI=1S/C19H21FN2O2/c20-16-8-4-5-9-17(16)21-19(24)22-12-10-15(11-13-22)18(23)14-6-2-1-3-7-14/h1-9,15,18,23H,10-13H2,(H,21,24)/t18-/m0/s1. The van der Waals surface area contributed by atoms with Gasteiger partial charge in [0.05, 0.1) is 11.8 Å². The number of aliphatic hydroxyl groups is 1. The van der Waals surface area contributed by atoms with Crippen molar-refractivity contribution in [3.05, 3.63) is 66.0 Å². The molecule has 0 spiro atoms. The van der Waals surface area contributed by atoms with Gasteiger partial charge in [-0.2, -0.15) is 0 Å². The van der Waals surface area contributed by atoms with Gasteiger partial charge in [-0.1, -0.05) is 42.5 Å². The Labute approximate surface area is 140 Å². The Morgan fingerprint density at radius 3 is 2.38 bits per heavy atom.